The summed E-state index contributed by atoms with van der Waals surface area (Å²) >= 11 is 0. The van der Waals surface area contributed by atoms with Crippen molar-refractivity contribution in [2.24, 2.45) is 5.92 Å². The van der Waals surface area contributed by atoms with Crippen LogP contribution in [0.1, 0.15) is 44.1 Å². The Bertz CT molecular complexity index is 605. The summed E-state index contributed by atoms with van der Waals surface area (Å²) in [5.74, 6) is -0.979. The smallest absolute Gasteiger partial charge is 0.223 e. The number of nitrogens with zero attached hydrogens (tertiary/aromatic N) is 2. The van der Waals surface area contributed by atoms with Gasteiger partial charge in [0.25, 0.3) is 0 Å². The van der Waals surface area contributed by atoms with Crippen molar-refractivity contribution in [2.45, 2.75) is 44.9 Å². The van der Waals surface area contributed by atoms with Crippen molar-refractivity contribution < 1.29 is 18.4 Å². The Morgan fingerprint density at radius 1 is 1.15 bits per heavy atom. The van der Waals surface area contributed by atoms with Crippen LogP contribution in [0.3, 0.4) is 0 Å². The summed E-state index contributed by atoms with van der Waals surface area (Å²) in [7, 11) is 0. The van der Waals surface area contributed by atoms with Crippen molar-refractivity contribution in [3.63, 3.8) is 0 Å². The molecule has 1 unspecified atom stereocenters. The van der Waals surface area contributed by atoms with Gasteiger partial charge in [-0.1, -0.05) is 6.07 Å². The van der Waals surface area contributed by atoms with E-state index < -0.39 is 11.6 Å². The van der Waals surface area contributed by atoms with Crippen LogP contribution >= 0.6 is 0 Å². The van der Waals surface area contributed by atoms with E-state index in [1.165, 1.54) is 12.1 Å². The SMILES string of the molecule is O=C(CCN1CCCCO1)N1CCCC(CCc2ccc(F)c(F)c2)C1. The van der Waals surface area contributed by atoms with Gasteiger partial charge in [0.15, 0.2) is 11.6 Å². The first-order valence-corrected chi connectivity index (χ1v) is 9.71. The predicted octanol–water partition coefficient (Wildman–Crippen LogP) is 3.55. The molecule has 0 saturated carbocycles. The lowest BCUT2D eigenvalue weighted by Crippen LogP contribution is -2.42. The summed E-state index contributed by atoms with van der Waals surface area (Å²) in [5, 5.41) is 1.91. The van der Waals surface area contributed by atoms with Crippen LogP contribution < -0.4 is 0 Å². The van der Waals surface area contributed by atoms with Crippen molar-refractivity contribution in [3.8, 4) is 0 Å². The highest BCUT2D eigenvalue weighted by atomic mass is 19.2. The number of carbonyl (C=O) groups excluding carboxylic acids is 1. The third kappa shape index (κ3) is 5.48. The zero-order valence-electron chi connectivity index (χ0n) is 15.3. The molecule has 2 fully saturated rings. The average molecular weight is 366 g/mol. The van der Waals surface area contributed by atoms with Crippen LogP contribution in [-0.2, 0) is 16.1 Å². The van der Waals surface area contributed by atoms with Crippen LogP contribution in [0, 0.1) is 17.6 Å². The first-order chi connectivity index (χ1) is 12.6. The Kier molecular flexibility index (Phi) is 6.97. The molecule has 6 heteroatoms. The predicted molar refractivity (Wildman–Crippen MR) is 95.4 cm³/mol. The van der Waals surface area contributed by atoms with Crippen molar-refractivity contribution in [1.29, 1.82) is 0 Å². The van der Waals surface area contributed by atoms with Crippen LogP contribution in [0.25, 0.3) is 0 Å². The summed E-state index contributed by atoms with van der Waals surface area (Å²) in [6.45, 7) is 3.91. The van der Waals surface area contributed by atoms with E-state index in [1.807, 2.05) is 9.96 Å². The van der Waals surface area contributed by atoms with Gasteiger partial charge in [0, 0.05) is 32.6 Å². The molecule has 1 aromatic rings. The van der Waals surface area contributed by atoms with Crippen molar-refractivity contribution in [3.05, 3.63) is 35.4 Å². The topological polar surface area (TPSA) is 32.8 Å². The molecule has 0 aliphatic carbocycles. The number of hydrogen-bond acceptors (Lipinski definition) is 3. The minimum atomic E-state index is -0.805. The zero-order valence-corrected chi connectivity index (χ0v) is 15.3. The minimum absolute atomic E-state index is 0.191. The molecule has 1 amide bonds. The van der Waals surface area contributed by atoms with Crippen molar-refractivity contribution >= 4 is 5.91 Å². The molecule has 1 aromatic carbocycles. The first-order valence-electron chi connectivity index (χ1n) is 9.71. The highest BCUT2D eigenvalue weighted by Gasteiger charge is 2.24. The third-order valence-electron chi connectivity index (χ3n) is 5.35. The fraction of sp³-hybridized carbons (Fsp3) is 0.650. The lowest BCUT2D eigenvalue weighted by Gasteiger charge is -2.34. The molecular weight excluding hydrogens is 338 g/mol. The number of carbonyl (C=O) groups is 1. The van der Waals surface area contributed by atoms with Crippen LogP contribution in [-0.4, -0.2) is 48.7 Å². The van der Waals surface area contributed by atoms with E-state index in [9.17, 15) is 13.6 Å². The molecule has 4 nitrogen and oxygen atoms in total. The third-order valence-corrected chi connectivity index (χ3v) is 5.35. The van der Waals surface area contributed by atoms with Gasteiger partial charge in [0.1, 0.15) is 0 Å². The summed E-state index contributed by atoms with van der Waals surface area (Å²) in [6, 6.07) is 4.10. The molecule has 1 atom stereocenters. The second kappa shape index (κ2) is 9.42. The van der Waals surface area contributed by atoms with Gasteiger partial charge in [0.2, 0.25) is 5.91 Å². The lowest BCUT2D eigenvalue weighted by atomic mass is 9.91. The summed E-state index contributed by atoms with van der Waals surface area (Å²) in [4.78, 5) is 20.0. The fourth-order valence-corrected chi connectivity index (χ4v) is 3.80. The Morgan fingerprint density at radius 2 is 2.04 bits per heavy atom. The minimum Gasteiger partial charge on any atom is -0.342 e. The Balaban J connectivity index is 1.42. The molecule has 0 radical (unpaired) electrons. The molecule has 0 N–H and O–H groups in total. The second-order valence-electron chi connectivity index (χ2n) is 7.35. The van der Waals surface area contributed by atoms with Crippen molar-refractivity contribution in [1.82, 2.24) is 9.96 Å². The number of rotatable bonds is 6. The standard InChI is InChI=1S/C20H28F2N2O2/c21-18-8-7-16(14-19(18)22)5-6-17-4-3-10-23(15-17)20(25)9-12-24-11-1-2-13-26-24/h7-8,14,17H,1-6,9-13,15H2. The number of benzene rings is 1. The summed E-state index contributed by atoms with van der Waals surface area (Å²) in [5.41, 5.74) is 0.814. The number of halogens is 2. The molecule has 0 aromatic heterocycles. The van der Waals surface area contributed by atoms with Crippen LogP contribution in [0.15, 0.2) is 18.2 Å². The number of likely N-dealkylation sites (tertiary alicyclic amines) is 1. The number of hydrogen-bond donors (Lipinski definition) is 0. The monoisotopic (exact) mass is 366 g/mol. The highest BCUT2D eigenvalue weighted by molar-refractivity contribution is 5.76. The number of piperidine rings is 1. The maximum atomic E-state index is 13.3. The maximum absolute atomic E-state index is 13.3. The number of aryl methyl sites for hydroxylation is 1. The van der Waals surface area contributed by atoms with Gasteiger partial charge in [-0.3, -0.25) is 9.63 Å². The molecule has 3 rings (SSSR count). The van der Waals surface area contributed by atoms with Crippen LogP contribution in [0.2, 0.25) is 0 Å². The van der Waals surface area contributed by atoms with Crippen LogP contribution in [0.5, 0.6) is 0 Å². The Morgan fingerprint density at radius 3 is 2.81 bits per heavy atom. The molecule has 2 heterocycles. The molecule has 0 spiro atoms. The average Bonchev–Trinajstić information content (AvgIpc) is 2.68. The number of hydroxylamine groups is 2. The molecule has 2 aliphatic rings. The second-order valence-corrected chi connectivity index (χ2v) is 7.35. The molecule has 2 aliphatic heterocycles. The zero-order chi connectivity index (χ0) is 18.4. The molecular formula is C20H28F2N2O2. The summed E-state index contributed by atoms with van der Waals surface area (Å²) < 4.78 is 26.3. The summed E-state index contributed by atoms with van der Waals surface area (Å²) in [6.07, 6.45) is 6.42. The lowest BCUT2D eigenvalue weighted by molar-refractivity contribution is -0.182. The van der Waals surface area contributed by atoms with E-state index in [2.05, 4.69) is 0 Å². The first kappa shape index (κ1) is 19.2. The molecule has 2 saturated heterocycles. The Hall–Kier alpha value is -1.53. The largest absolute Gasteiger partial charge is 0.342 e. The van der Waals surface area contributed by atoms with Gasteiger partial charge in [-0.15, -0.1) is 0 Å². The van der Waals surface area contributed by atoms with Crippen molar-refractivity contribution in [2.75, 3.05) is 32.8 Å². The van der Waals surface area contributed by atoms with E-state index >= 15 is 0 Å². The maximum Gasteiger partial charge on any atom is 0.223 e. The number of amides is 1. The quantitative estimate of drug-likeness (QED) is 0.772. The van der Waals surface area contributed by atoms with E-state index in [1.54, 1.807) is 6.07 Å². The molecule has 0 bridgehead atoms. The van der Waals surface area contributed by atoms with Gasteiger partial charge < -0.3 is 4.90 Å². The van der Waals surface area contributed by atoms with E-state index in [0.29, 0.717) is 25.3 Å². The molecule has 144 valence electrons. The van der Waals surface area contributed by atoms with Gasteiger partial charge in [-0.25, -0.2) is 8.78 Å². The normalized spacial score (nSPS) is 21.8. The van der Waals surface area contributed by atoms with E-state index in [4.69, 9.17) is 4.84 Å². The Labute approximate surface area is 154 Å². The van der Waals surface area contributed by atoms with Gasteiger partial charge in [-0.05, 0) is 62.1 Å². The van der Waals surface area contributed by atoms with Gasteiger partial charge in [-0.2, -0.15) is 5.06 Å². The van der Waals surface area contributed by atoms with E-state index in [0.717, 1.165) is 63.9 Å². The highest BCUT2D eigenvalue weighted by Crippen LogP contribution is 2.23. The molecule has 26 heavy (non-hydrogen) atoms. The van der Waals surface area contributed by atoms with Crippen LogP contribution in [0.4, 0.5) is 8.78 Å². The van der Waals surface area contributed by atoms with Gasteiger partial charge >= 0.3 is 0 Å². The van der Waals surface area contributed by atoms with E-state index in [-0.39, 0.29) is 5.91 Å². The van der Waals surface area contributed by atoms with Gasteiger partial charge in [0.05, 0.1) is 6.61 Å². The fourth-order valence-electron chi connectivity index (χ4n) is 3.80.